The first-order chi connectivity index (χ1) is 6.19. The monoisotopic (exact) mass is 185 g/mol. The van der Waals surface area contributed by atoms with Gasteiger partial charge in [0.2, 0.25) is 0 Å². The van der Waals surface area contributed by atoms with Crippen LogP contribution in [0, 0.1) is 6.92 Å². The highest BCUT2D eigenvalue weighted by Gasteiger charge is 2.14. The number of hydrogen-bond donors (Lipinski definition) is 2. The van der Waals surface area contributed by atoms with Gasteiger partial charge in [-0.1, -0.05) is 0 Å². The zero-order chi connectivity index (χ0) is 9.84. The maximum Gasteiger partial charge on any atom is 0.341 e. The Labute approximate surface area is 75.3 Å². The minimum Gasteiger partial charge on any atom is -0.465 e. The van der Waals surface area contributed by atoms with Crippen LogP contribution in [0.15, 0.2) is 10.5 Å². The average Bonchev–Trinajstić information content (AvgIpc) is 2.46. The number of hydroxylamine groups is 1. The summed E-state index contributed by atoms with van der Waals surface area (Å²) in [5.74, 6) is 0.530. The topological polar surface area (TPSA) is 71.7 Å². The second-order valence-electron chi connectivity index (χ2n) is 2.51. The summed E-state index contributed by atoms with van der Waals surface area (Å²) in [4.78, 5) is 11.1. The molecule has 0 saturated heterocycles. The Morgan fingerprint density at radius 2 is 2.46 bits per heavy atom. The van der Waals surface area contributed by atoms with Crippen LogP contribution < -0.4 is 5.48 Å². The lowest BCUT2D eigenvalue weighted by Gasteiger charge is -1.93. The molecule has 0 saturated carbocycles. The first kappa shape index (κ1) is 9.76. The van der Waals surface area contributed by atoms with Crippen molar-refractivity contribution >= 4 is 5.97 Å². The molecule has 0 aromatic carbocycles. The molecule has 0 fully saturated rings. The Bertz CT molecular complexity index is 305. The molecule has 5 nitrogen and oxygen atoms in total. The summed E-state index contributed by atoms with van der Waals surface area (Å²) in [6.07, 6.45) is 0. The predicted octanol–water partition coefficient (Wildman–Crippen LogP) is 0.853. The van der Waals surface area contributed by atoms with Crippen molar-refractivity contribution in [3.63, 3.8) is 0 Å². The minimum absolute atomic E-state index is 0.165. The molecular weight excluding hydrogens is 174 g/mol. The second-order valence-corrected chi connectivity index (χ2v) is 2.51. The molecule has 0 atom stereocenters. The Kier molecular flexibility index (Phi) is 3.05. The van der Waals surface area contributed by atoms with Crippen LogP contribution in [0.4, 0.5) is 0 Å². The van der Waals surface area contributed by atoms with Gasteiger partial charge in [0.1, 0.15) is 17.1 Å². The van der Waals surface area contributed by atoms with Gasteiger partial charge in [-0.2, -0.15) is 5.48 Å². The van der Waals surface area contributed by atoms with E-state index in [-0.39, 0.29) is 6.54 Å². The fourth-order valence-electron chi connectivity index (χ4n) is 1.02. The SMILES string of the molecule is COC(=O)c1cc(CNO)oc1C. The Balaban J connectivity index is 2.89. The van der Waals surface area contributed by atoms with Crippen molar-refractivity contribution in [1.29, 1.82) is 0 Å². The van der Waals surface area contributed by atoms with Crippen molar-refractivity contribution in [2.45, 2.75) is 13.5 Å². The third-order valence-electron chi connectivity index (χ3n) is 1.63. The summed E-state index contributed by atoms with van der Waals surface area (Å²) in [5, 5.41) is 8.39. The van der Waals surface area contributed by atoms with Gasteiger partial charge in [0.05, 0.1) is 13.7 Å². The maximum absolute atomic E-state index is 11.1. The maximum atomic E-state index is 11.1. The van der Waals surface area contributed by atoms with Gasteiger partial charge in [0.25, 0.3) is 0 Å². The Morgan fingerprint density at radius 3 is 3.00 bits per heavy atom. The van der Waals surface area contributed by atoms with Gasteiger partial charge < -0.3 is 14.4 Å². The first-order valence-corrected chi connectivity index (χ1v) is 3.73. The van der Waals surface area contributed by atoms with Crippen molar-refractivity contribution in [3.05, 3.63) is 23.2 Å². The zero-order valence-corrected chi connectivity index (χ0v) is 7.46. The van der Waals surface area contributed by atoms with E-state index in [9.17, 15) is 4.79 Å². The van der Waals surface area contributed by atoms with Crippen LogP contribution >= 0.6 is 0 Å². The van der Waals surface area contributed by atoms with Gasteiger partial charge in [-0.05, 0) is 13.0 Å². The summed E-state index contributed by atoms with van der Waals surface area (Å²) >= 11 is 0. The number of carbonyl (C=O) groups is 1. The van der Waals surface area contributed by atoms with Gasteiger partial charge in [-0.3, -0.25) is 0 Å². The van der Waals surface area contributed by atoms with Gasteiger partial charge in [0, 0.05) is 0 Å². The molecule has 0 amide bonds. The summed E-state index contributed by atoms with van der Waals surface area (Å²) in [6.45, 7) is 1.82. The number of ether oxygens (including phenoxy) is 1. The van der Waals surface area contributed by atoms with Crippen LogP contribution in [0.3, 0.4) is 0 Å². The van der Waals surface area contributed by atoms with Crippen molar-refractivity contribution < 1.29 is 19.2 Å². The molecule has 0 aliphatic heterocycles. The largest absolute Gasteiger partial charge is 0.465 e. The molecule has 0 radical (unpaired) electrons. The normalized spacial score (nSPS) is 10.1. The summed E-state index contributed by atoms with van der Waals surface area (Å²) in [6, 6.07) is 1.53. The predicted molar refractivity (Wildman–Crippen MR) is 43.4 cm³/mol. The van der Waals surface area contributed by atoms with E-state index in [1.54, 1.807) is 6.92 Å². The average molecular weight is 185 g/mol. The van der Waals surface area contributed by atoms with Gasteiger partial charge in [-0.15, -0.1) is 0 Å². The number of carbonyl (C=O) groups excluding carboxylic acids is 1. The second kappa shape index (κ2) is 4.06. The van der Waals surface area contributed by atoms with Crippen molar-refractivity contribution in [2.75, 3.05) is 7.11 Å². The Hall–Kier alpha value is -1.33. The fraction of sp³-hybridized carbons (Fsp3) is 0.375. The number of esters is 1. The summed E-state index contributed by atoms with van der Waals surface area (Å²) in [5.41, 5.74) is 2.32. The van der Waals surface area contributed by atoms with Gasteiger partial charge in [0.15, 0.2) is 0 Å². The highest BCUT2D eigenvalue weighted by molar-refractivity contribution is 5.90. The number of rotatable bonds is 3. The summed E-state index contributed by atoms with van der Waals surface area (Å²) < 4.78 is 9.68. The van der Waals surface area contributed by atoms with Crippen LogP contribution in [0.1, 0.15) is 21.9 Å². The molecule has 2 N–H and O–H groups in total. The highest BCUT2D eigenvalue weighted by Crippen LogP contribution is 2.15. The summed E-state index contributed by atoms with van der Waals surface area (Å²) in [7, 11) is 1.30. The van der Waals surface area contributed by atoms with E-state index in [4.69, 9.17) is 9.62 Å². The molecule has 0 aliphatic rings. The molecule has 5 heteroatoms. The smallest absolute Gasteiger partial charge is 0.341 e. The lowest BCUT2D eigenvalue weighted by Crippen LogP contribution is -2.05. The first-order valence-electron chi connectivity index (χ1n) is 3.73. The van der Waals surface area contributed by atoms with E-state index < -0.39 is 5.97 Å². The standard InChI is InChI=1S/C8H11NO4/c1-5-7(8(10)12-2)3-6(13-5)4-9-11/h3,9,11H,4H2,1-2H3. The zero-order valence-electron chi connectivity index (χ0n) is 7.46. The fourth-order valence-corrected chi connectivity index (χ4v) is 1.02. The van der Waals surface area contributed by atoms with Crippen LogP contribution in [0.2, 0.25) is 0 Å². The third kappa shape index (κ3) is 2.07. The molecular formula is C8H11NO4. The molecule has 13 heavy (non-hydrogen) atoms. The van der Waals surface area contributed by atoms with E-state index in [0.717, 1.165) is 0 Å². The van der Waals surface area contributed by atoms with E-state index in [2.05, 4.69) is 4.74 Å². The number of methoxy groups -OCH3 is 1. The van der Waals surface area contributed by atoms with E-state index in [1.807, 2.05) is 5.48 Å². The number of hydrogen-bond acceptors (Lipinski definition) is 5. The third-order valence-corrected chi connectivity index (χ3v) is 1.63. The lowest BCUT2D eigenvalue weighted by molar-refractivity contribution is 0.0599. The molecule has 1 rings (SSSR count). The quantitative estimate of drug-likeness (QED) is 0.539. The van der Waals surface area contributed by atoms with Crippen LogP contribution in [0.5, 0.6) is 0 Å². The molecule has 0 aliphatic carbocycles. The van der Waals surface area contributed by atoms with Crippen LogP contribution in [0.25, 0.3) is 0 Å². The Morgan fingerprint density at radius 1 is 1.77 bits per heavy atom. The number of nitrogens with one attached hydrogen (secondary N) is 1. The van der Waals surface area contributed by atoms with Gasteiger partial charge >= 0.3 is 5.97 Å². The van der Waals surface area contributed by atoms with Gasteiger partial charge in [-0.25, -0.2) is 4.79 Å². The van der Waals surface area contributed by atoms with E-state index >= 15 is 0 Å². The van der Waals surface area contributed by atoms with E-state index in [1.165, 1.54) is 13.2 Å². The lowest BCUT2D eigenvalue weighted by atomic mass is 10.2. The van der Waals surface area contributed by atoms with Crippen molar-refractivity contribution in [2.24, 2.45) is 0 Å². The van der Waals surface area contributed by atoms with Crippen molar-refractivity contribution in [1.82, 2.24) is 5.48 Å². The molecule has 0 spiro atoms. The molecule has 1 heterocycles. The molecule has 1 aromatic rings. The number of aryl methyl sites for hydroxylation is 1. The van der Waals surface area contributed by atoms with Crippen molar-refractivity contribution in [3.8, 4) is 0 Å². The molecule has 0 bridgehead atoms. The van der Waals surface area contributed by atoms with Crippen LogP contribution in [-0.2, 0) is 11.3 Å². The molecule has 0 unspecified atom stereocenters. The molecule has 1 aromatic heterocycles. The number of furan rings is 1. The van der Waals surface area contributed by atoms with Crippen LogP contribution in [-0.4, -0.2) is 18.3 Å². The minimum atomic E-state index is -0.439. The van der Waals surface area contributed by atoms with E-state index in [0.29, 0.717) is 17.1 Å². The highest BCUT2D eigenvalue weighted by atomic mass is 16.5. The molecule has 72 valence electrons.